The third-order valence-electron chi connectivity index (χ3n) is 4.34. The zero-order valence-electron chi connectivity index (χ0n) is 14.5. The van der Waals surface area contributed by atoms with Crippen molar-refractivity contribution in [2.75, 3.05) is 20.2 Å². The predicted octanol–water partition coefficient (Wildman–Crippen LogP) is 2.90. The highest BCUT2D eigenvalue weighted by Gasteiger charge is 2.32. The average Bonchev–Trinajstić information content (AvgIpc) is 3.04. The van der Waals surface area contributed by atoms with Crippen molar-refractivity contribution in [3.05, 3.63) is 29.8 Å². The minimum absolute atomic E-state index is 0.169. The monoisotopic (exact) mass is 334 g/mol. The van der Waals surface area contributed by atoms with Crippen LogP contribution in [0, 0.1) is 11.8 Å². The van der Waals surface area contributed by atoms with Crippen molar-refractivity contribution >= 4 is 12.0 Å². The van der Waals surface area contributed by atoms with Gasteiger partial charge in [0.1, 0.15) is 5.75 Å². The molecule has 1 aliphatic rings. The van der Waals surface area contributed by atoms with Crippen LogP contribution in [0.25, 0.3) is 0 Å². The summed E-state index contributed by atoms with van der Waals surface area (Å²) in [7, 11) is 1.62. The minimum atomic E-state index is -0.839. The molecule has 1 heterocycles. The van der Waals surface area contributed by atoms with E-state index in [0.29, 0.717) is 18.9 Å². The Morgan fingerprint density at radius 1 is 1.38 bits per heavy atom. The lowest BCUT2D eigenvalue weighted by Crippen LogP contribution is -2.41. The van der Waals surface area contributed by atoms with Crippen LogP contribution in [-0.2, 0) is 4.79 Å². The number of amides is 2. The summed E-state index contributed by atoms with van der Waals surface area (Å²) in [6.07, 6.45) is 1.29. The van der Waals surface area contributed by atoms with Crippen LogP contribution in [0.1, 0.15) is 38.3 Å². The molecule has 6 nitrogen and oxygen atoms in total. The van der Waals surface area contributed by atoms with Gasteiger partial charge in [0.2, 0.25) is 0 Å². The molecule has 1 aliphatic heterocycles. The quantitative estimate of drug-likeness (QED) is 0.838. The maximum absolute atomic E-state index is 12.6. The lowest BCUT2D eigenvalue weighted by Gasteiger charge is -2.26. The van der Waals surface area contributed by atoms with Gasteiger partial charge in [-0.2, -0.15) is 0 Å². The second-order valence-electron chi connectivity index (χ2n) is 6.64. The van der Waals surface area contributed by atoms with Crippen molar-refractivity contribution in [2.24, 2.45) is 11.8 Å². The summed E-state index contributed by atoms with van der Waals surface area (Å²) in [6, 6.07) is 7.27. The Morgan fingerprint density at radius 2 is 2.08 bits per heavy atom. The lowest BCUT2D eigenvalue weighted by molar-refractivity contribution is -0.141. The molecule has 2 N–H and O–H groups in total. The molecule has 0 spiro atoms. The van der Waals surface area contributed by atoms with Gasteiger partial charge >= 0.3 is 12.0 Å². The summed E-state index contributed by atoms with van der Waals surface area (Å²) in [5.41, 5.74) is 0.941. The zero-order chi connectivity index (χ0) is 17.7. The van der Waals surface area contributed by atoms with Gasteiger partial charge < -0.3 is 20.1 Å². The fourth-order valence-corrected chi connectivity index (χ4v) is 3.08. The Hall–Kier alpha value is -2.24. The first kappa shape index (κ1) is 18.1. The Balaban J connectivity index is 2.12. The van der Waals surface area contributed by atoms with E-state index >= 15 is 0 Å². The van der Waals surface area contributed by atoms with E-state index in [1.54, 1.807) is 12.0 Å². The molecule has 0 aliphatic carbocycles. The number of carbonyl (C=O) groups is 2. The van der Waals surface area contributed by atoms with Crippen molar-refractivity contribution < 1.29 is 19.4 Å². The minimum Gasteiger partial charge on any atom is -0.496 e. The number of urea groups is 1. The summed E-state index contributed by atoms with van der Waals surface area (Å²) in [5.74, 6) is -0.168. The molecule has 2 atom stereocenters. The van der Waals surface area contributed by atoms with Gasteiger partial charge in [-0.3, -0.25) is 4.79 Å². The number of carboxylic acids is 1. The molecule has 2 amide bonds. The number of ether oxygens (including phenoxy) is 1. The molecule has 0 saturated carbocycles. The standard InChI is InChI=1S/C18H26N2O4/c1-12(2)10-15(14-6-4-5-7-16(14)24-3)19-18(23)20-9-8-13(11-20)17(21)22/h4-7,12-13,15H,8-11H2,1-3H3,(H,19,23)(H,21,22). The molecule has 1 fully saturated rings. The maximum Gasteiger partial charge on any atom is 0.317 e. The van der Waals surface area contributed by atoms with Crippen LogP contribution in [0.4, 0.5) is 4.79 Å². The Bertz CT molecular complexity index is 588. The molecule has 6 heteroatoms. The van der Waals surface area contributed by atoms with E-state index in [0.717, 1.165) is 17.7 Å². The van der Waals surface area contributed by atoms with E-state index in [1.807, 2.05) is 24.3 Å². The summed E-state index contributed by atoms with van der Waals surface area (Å²) in [4.78, 5) is 25.2. The van der Waals surface area contributed by atoms with Crippen molar-refractivity contribution in [1.29, 1.82) is 0 Å². The highest BCUT2D eigenvalue weighted by Crippen LogP contribution is 2.30. The first-order valence-corrected chi connectivity index (χ1v) is 8.33. The maximum atomic E-state index is 12.6. The summed E-state index contributed by atoms with van der Waals surface area (Å²) in [6.45, 7) is 4.94. The fraction of sp³-hybridized carbons (Fsp3) is 0.556. The van der Waals surface area contributed by atoms with Gasteiger partial charge in [0.15, 0.2) is 0 Å². The van der Waals surface area contributed by atoms with E-state index in [4.69, 9.17) is 9.84 Å². The number of carboxylic acid groups (broad SMARTS) is 1. The van der Waals surface area contributed by atoms with Crippen LogP contribution in [-0.4, -0.2) is 42.2 Å². The fourth-order valence-electron chi connectivity index (χ4n) is 3.08. The molecule has 1 saturated heterocycles. The van der Waals surface area contributed by atoms with Gasteiger partial charge in [0.25, 0.3) is 0 Å². The highest BCUT2D eigenvalue weighted by molar-refractivity contribution is 5.77. The van der Waals surface area contributed by atoms with E-state index in [9.17, 15) is 9.59 Å². The molecule has 1 aromatic rings. The van der Waals surface area contributed by atoms with Gasteiger partial charge in [-0.15, -0.1) is 0 Å². The van der Waals surface area contributed by atoms with Crippen molar-refractivity contribution in [1.82, 2.24) is 10.2 Å². The number of nitrogens with zero attached hydrogens (tertiary/aromatic N) is 1. The number of rotatable bonds is 6. The third-order valence-corrected chi connectivity index (χ3v) is 4.34. The molecule has 2 unspecified atom stereocenters. The topological polar surface area (TPSA) is 78.9 Å². The molecular formula is C18H26N2O4. The van der Waals surface area contributed by atoms with E-state index in [-0.39, 0.29) is 18.6 Å². The second-order valence-corrected chi connectivity index (χ2v) is 6.64. The van der Waals surface area contributed by atoms with Crippen molar-refractivity contribution in [3.63, 3.8) is 0 Å². The molecule has 0 aromatic heterocycles. The lowest BCUT2D eigenvalue weighted by atomic mass is 9.96. The number of likely N-dealkylation sites (tertiary alicyclic amines) is 1. The molecule has 2 rings (SSSR count). The second kappa shape index (κ2) is 8.04. The van der Waals surface area contributed by atoms with Gasteiger partial charge in [0, 0.05) is 18.7 Å². The number of hydrogen-bond acceptors (Lipinski definition) is 3. The Morgan fingerprint density at radius 3 is 2.67 bits per heavy atom. The number of para-hydroxylation sites is 1. The van der Waals surface area contributed by atoms with Gasteiger partial charge in [-0.05, 0) is 24.8 Å². The average molecular weight is 334 g/mol. The van der Waals surface area contributed by atoms with Crippen molar-refractivity contribution in [2.45, 2.75) is 32.7 Å². The number of methoxy groups -OCH3 is 1. The SMILES string of the molecule is COc1ccccc1C(CC(C)C)NC(=O)N1CCC(C(=O)O)C1. The zero-order valence-corrected chi connectivity index (χ0v) is 14.5. The number of nitrogens with one attached hydrogen (secondary N) is 1. The number of carbonyl (C=O) groups excluding carboxylic acids is 1. The molecule has 24 heavy (non-hydrogen) atoms. The van der Waals surface area contributed by atoms with E-state index < -0.39 is 11.9 Å². The smallest absolute Gasteiger partial charge is 0.317 e. The third kappa shape index (κ3) is 4.40. The summed E-state index contributed by atoms with van der Waals surface area (Å²) >= 11 is 0. The Labute approximate surface area is 142 Å². The molecule has 132 valence electrons. The molecule has 1 aromatic carbocycles. The highest BCUT2D eigenvalue weighted by atomic mass is 16.5. The van der Waals surface area contributed by atoms with Gasteiger partial charge in [-0.1, -0.05) is 32.0 Å². The van der Waals surface area contributed by atoms with E-state index in [1.165, 1.54) is 0 Å². The number of hydrogen-bond donors (Lipinski definition) is 2. The normalized spacial score (nSPS) is 18.5. The first-order valence-electron chi connectivity index (χ1n) is 8.33. The molecule has 0 radical (unpaired) electrons. The van der Waals surface area contributed by atoms with Crippen LogP contribution in [0.5, 0.6) is 5.75 Å². The largest absolute Gasteiger partial charge is 0.496 e. The van der Waals surface area contributed by atoms with Gasteiger partial charge in [0.05, 0.1) is 19.1 Å². The Kier molecular flexibility index (Phi) is 6.06. The van der Waals surface area contributed by atoms with Crippen LogP contribution < -0.4 is 10.1 Å². The van der Waals surface area contributed by atoms with Crippen LogP contribution in [0.3, 0.4) is 0 Å². The predicted molar refractivity (Wildman–Crippen MR) is 91.0 cm³/mol. The molecule has 0 bridgehead atoms. The first-order chi connectivity index (χ1) is 11.4. The van der Waals surface area contributed by atoms with Crippen LogP contribution in [0.2, 0.25) is 0 Å². The van der Waals surface area contributed by atoms with Gasteiger partial charge in [-0.25, -0.2) is 4.79 Å². The van der Waals surface area contributed by atoms with Crippen LogP contribution >= 0.6 is 0 Å². The number of benzene rings is 1. The summed E-state index contributed by atoms with van der Waals surface area (Å²) in [5, 5.41) is 12.1. The molecular weight excluding hydrogens is 308 g/mol. The van der Waals surface area contributed by atoms with E-state index in [2.05, 4.69) is 19.2 Å². The number of aliphatic carboxylic acids is 1. The van der Waals surface area contributed by atoms with Crippen LogP contribution in [0.15, 0.2) is 24.3 Å². The van der Waals surface area contributed by atoms with Crippen molar-refractivity contribution in [3.8, 4) is 5.75 Å². The summed E-state index contributed by atoms with van der Waals surface area (Å²) < 4.78 is 5.42.